The smallest absolute Gasteiger partial charge is 0.292 e. The molecule has 0 saturated carbocycles. The lowest BCUT2D eigenvalue weighted by Crippen LogP contribution is -2.28. The SMILES string of the molecule is C[Si](C)(C)OC(=O)CCCCCCCNCc1ccccc1. The van der Waals surface area contributed by atoms with Crippen molar-refractivity contribution in [3.63, 3.8) is 0 Å². The van der Waals surface area contributed by atoms with E-state index in [2.05, 4.69) is 29.6 Å². The third-order valence-electron chi connectivity index (χ3n) is 3.33. The van der Waals surface area contributed by atoms with Crippen LogP contribution in [0.2, 0.25) is 19.6 Å². The molecule has 0 spiro atoms. The number of hydrogen-bond acceptors (Lipinski definition) is 3. The van der Waals surface area contributed by atoms with Gasteiger partial charge in [0.05, 0.1) is 0 Å². The van der Waals surface area contributed by atoms with E-state index in [1.165, 1.54) is 24.8 Å². The van der Waals surface area contributed by atoms with Crippen LogP contribution in [-0.2, 0) is 15.8 Å². The van der Waals surface area contributed by atoms with Crippen LogP contribution in [0, 0.1) is 0 Å². The minimum atomic E-state index is -1.70. The van der Waals surface area contributed by atoms with Gasteiger partial charge in [0.2, 0.25) is 8.32 Å². The average Bonchev–Trinajstić information content (AvgIpc) is 2.44. The van der Waals surface area contributed by atoms with E-state index in [1.54, 1.807) is 0 Å². The van der Waals surface area contributed by atoms with Gasteiger partial charge in [-0.3, -0.25) is 4.79 Å². The first-order valence-corrected chi connectivity index (χ1v) is 11.8. The minimum absolute atomic E-state index is 0.0105. The van der Waals surface area contributed by atoms with E-state index in [0.717, 1.165) is 25.9 Å². The van der Waals surface area contributed by atoms with E-state index in [0.29, 0.717) is 6.42 Å². The van der Waals surface area contributed by atoms with Crippen molar-refractivity contribution in [1.82, 2.24) is 5.32 Å². The molecule has 0 radical (unpaired) electrons. The fourth-order valence-electron chi connectivity index (χ4n) is 2.27. The average molecular weight is 322 g/mol. The fourth-order valence-corrected chi connectivity index (χ4v) is 3.06. The Hall–Kier alpha value is -1.13. The van der Waals surface area contributed by atoms with Gasteiger partial charge in [0.15, 0.2) is 0 Å². The van der Waals surface area contributed by atoms with Crippen molar-refractivity contribution in [2.75, 3.05) is 6.54 Å². The van der Waals surface area contributed by atoms with E-state index in [4.69, 9.17) is 4.43 Å². The third-order valence-corrected chi connectivity index (χ3v) is 4.17. The number of carbonyl (C=O) groups is 1. The first kappa shape index (κ1) is 18.9. The molecule has 0 saturated heterocycles. The molecule has 4 heteroatoms. The second-order valence-electron chi connectivity index (χ2n) is 6.77. The van der Waals surface area contributed by atoms with Gasteiger partial charge in [-0.15, -0.1) is 0 Å². The molecule has 0 unspecified atom stereocenters. The third kappa shape index (κ3) is 10.6. The number of nitrogens with one attached hydrogen (secondary N) is 1. The van der Waals surface area contributed by atoms with Crippen molar-refractivity contribution in [2.45, 2.75) is 64.7 Å². The molecule has 3 nitrogen and oxygen atoms in total. The maximum Gasteiger partial charge on any atom is 0.292 e. The van der Waals surface area contributed by atoms with Crippen LogP contribution in [-0.4, -0.2) is 20.8 Å². The molecule has 0 aliphatic carbocycles. The highest BCUT2D eigenvalue weighted by Gasteiger charge is 2.19. The van der Waals surface area contributed by atoms with Gasteiger partial charge in [-0.05, 0) is 44.6 Å². The summed E-state index contributed by atoms with van der Waals surface area (Å²) in [5.41, 5.74) is 1.34. The highest BCUT2D eigenvalue weighted by atomic mass is 28.4. The normalized spacial score (nSPS) is 11.4. The maximum absolute atomic E-state index is 11.6. The predicted molar refractivity (Wildman–Crippen MR) is 95.3 cm³/mol. The summed E-state index contributed by atoms with van der Waals surface area (Å²) in [5.74, 6) is -0.0105. The van der Waals surface area contributed by atoms with Crippen molar-refractivity contribution in [2.24, 2.45) is 0 Å². The van der Waals surface area contributed by atoms with Gasteiger partial charge >= 0.3 is 0 Å². The van der Waals surface area contributed by atoms with Gasteiger partial charge in [-0.25, -0.2) is 0 Å². The number of unbranched alkanes of at least 4 members (excludes halogenated alkanes) is 4. The van der Waals surface area contributed by atoms with Crippen LogP contribution in [0.15, 0.2) is 30.3 Å². The van der Waals surface area contributed by atoms with Crippen molar-refractivity contribution in [3.05, 3.63) is 35.9 Å². The zero-order valence-corrected chi connectivity index (χ0v) is 15.4. The van der Waals surface area contributed by atoms with Crippen molar-refractivity contribution < 1.29 is 9.22 Å². The summed E-state index contributed by atoms with van der Waals surface area (Å²) in [7, 11) is -1.70. The number of rotatable bonds is 11. The van der Waals surface area contributed by atoms with E-state index in [1.807, 2.05) is 25.7 Å². The highest BCUT2D eigenvalue weighted by molar-refractivity contribution is 6.71. The van der Waals surface area contributed by atoms with E-state index < -0.39 is 8.32 Å². The molecule has 0 heterocycles. The zero-order valence-electron chi connectivity index (χ0n) is 14.4. The van der Waals surface area contributed by atoms with Crippen LogP contribution >= 0.6 is 0 Å². The lowest BCUT2D eigenvalue weighted by molar-refractivity contribution is -0.135. The van der Waals surface area contributed by atoms with Crippen LogP contribution in [0.1, 0.15) is 44.1 Å². The molecule has 0 aliphatic rings. The molecule has 22 heavy (non-hydrogen) atoms. The molecular weight excluding hydrogens is 290 g/mol. The van der Waals surface area contributed by atoms with Crippen molar-refractivity contribution in [1.29, 1.82) is 0 Å². The second-order valence-corrected chi connectivity index (χ2v) is 11.2. The molecule has 0 atom stereocenters. The van der Waals surface area contributed by atoms with Crippen LogP contribution in [0.4, 0.5) is 0 Å². The summed E-state index contributed by atoms with van der Waals surface area (Å²) >= 11 is 0. The van der Waals surface area contributed by atoms with Crippen molar-refractivity contribution in [3.8, 4) is 0 Å². The number of carbonyl (C=O) groups excluding carboxylic acids is 1. The zero-order chi connectivity index (χ0) is 16.3. The van der Waals surface area contributed by atoms with E-state index in [9.17, 15) is 4.79 Å². The Bertz CT molecular complexity index is 415. The summed E-state index contributed by atoms with van der Waals surface area (Å²) in [6, 6.07) is 10.5. The Labute approximate surface area is 136 Å². The predicted octanol–water partition coefficient (Wildman–Crippen LogP) is 4.49. The molecule has 0 aromatic heterocycles. The summed E-state index contributed by atoms with van der Waals surface area (Å²) in [6.07, 6.45) is 6.29. The van der Waals surface area contributed by atoms with Crippen LogP contribution in [0.5, 0.6) is 0 Å². The summed E-state index contributed by atoms with van der Waals surface area (Å²) < 4.78 is 5.43. The quantitative estimate of drug-likeness (QED) is 0.482. The second kappa shape index (κ2) is 10.6. The topological polar surface area (TPSA) is 38.3 Å². The highest BCUT2D eigenvalue weighted by Crippen LogP contribution is 2.09. The summed E-state index contributed by atoms with van der Waals surface area (Å²) in [6.45, 7) is 8.16. The van der Waals surface area contributed by atoms with E-state index in [-0.39, 0.29) is 5.97 Å². The Morgan fingerprint density at radius 1 is 1.00 bits per heavy atom. The number of benzene rings is 1. The van der Waals surface area contributed by atoms with Crippen LogP contribution in [0.25, 0.3) is 0 Å². The van der Waals surface area contributed by atoms with Gasteiger partial charge in [0.1, 0.15) is 0 Å². The minimum Gasteiger partial charge on any atom is -0.520 e. The molecule has 124 valence electrons. The van der Waals surface area contributed by atoms with Crippen LogP contribution in [0.3, 0.4) is 0 Å². The molecule has 0 aliphatic heterocycles. The molecular formula is C18H31NO2Si. The molecule has 1 rings (SSSR count). The lowest BCUT2D eigenvalue weighted by Gasteiger charge is -2.17. The Morgan fingerprint density at radius 3 is 2.32 bits per heavy atom. The molecule has 0 bridgehead atoms. The fraction of sp³-hybridized carbons (Fsp3) is 0.611. The Morgan fingerprint density at radius 2 is 1.64 bits per heavy atom. The Balaban J connectivity index is 1.89. The van der Waals surface area contributed by atoms with Crippen molar-refractivity contribution >= 4 is 14.3 Å². The molecule has 0 fully saturated rings. The monoisotopic (exact) mass is 321 g/mol. The molecule has 1 N–H and O–H groups in total. The van der Waals surface area contributed by atoms with Gasteiger partial charge in [0.25, 0.3) is 5.97 Å². The summed E-state index contributed by atoms with van der Waals surface area (Å²) in [4.78, 5) is 11.6. The van der Waals surface area contributed by atoms with Crippen LogP contribution < -0.4 is 5.32 Å². The van der Waals surface area contributed by atoms with Gasteiger partial charge < -0.3 is 9.74 Å². The standard InChI is InChI=1S/C18H31NO2Si/c1-22(2,3)21-18(20)14-10-5-4-6-11-15-19-16-17-12-8-7-9-13-17/h7-9,12-13,19H,4-6,10-11,14-16H2,1-3H3. The largest absolute Gasteiger partial charge is 0.520 e. The molecule has 0 amide bonds. The maximum atomic E-state index is 11.6. The first-order chi connectivity index (χ1) is 10.5. The van der Waals surface area contributed by atoms with Gasteiger partial charge in [-0.1, -0.05) is 49.6 Å². The molecule has 1 aromatic carbocycles. The van der Waals surface area contributed by atoms with Gasteiger partial charge in [-0.2, -0.15) is 0 Å². The van der Waals surface area contributed by atoms with Gasteiger partial charge in [0, 0.05) is 13.0 Å². The lowest BCUT2D eigenvalue weighted by atomic mass is 10.1. The molecule has 1 aromatic rings. The first-order valence-electron chi connectivity index (χ1n) is 8.44. The number of hydrogen-bond donors (Lipinski definition) is 1. The Kier molecular flexibility index (Phi) is 9.09. The van der Waals surface area contributed by atoms with E-state index >= 15 is 0 Å². The summed E-state index contributed by atoms with van der Waals surface area (Å²) in [5, 5.41) is 3.47.